The van der Waals surface area contributed by atoms with Crippen molar-refractivity contribution in [3.63, 3.8) is 0 Å². The molecule has 2 heterocycles. The van der Waals surface area contributed by atoms with Gasteiger partial charge in [0.05, 0.1) is 18.8 Å². The molecular weight excluding hydrogens is 302 g/mol. The molecule has 0 bridgehead atoms. The van der Waals surface area contributed by atoms with Gasteiger partial charge in [0.25, 0.3) is 0 Å². The normalized spacial score (nSPS) is 11.2. The number of methoxy groups -OCH3 is 1. The van der Waals surface area contributed by atoms with Crippen LogP contribution in [0.1, 0.15) is 11.1 Å². The number of hydrogen-bond acceptors (Lipinski definition) is 3. The van der Waals surface area contributed by atoms with Crippen LogP contribution in [-0.2, 0) is 13.5 Å². The maximum Gasteiger partial charge on any atom is 0.215 e. The highest BCUT2D eigenvalue weighted by Gasteiger charge is 2.10. The van der Waals surface area contributed by atoms with Crippen molar-refractivity contribution in [1.82, 2.24) is 14.8 Å². The molecule has 0 aliphatic carbocycles. The smallest absolute Gasteiger partial charge is 0.215 e. The largest absolute Gasteiger partial charge is 0.497 e. The van der Waals surface area contributed by atoms with Gasteiger partial charge in [0, 0.05) is 18.0 Å². The maximum absolute atomic E-state index is 12.8. The Bertz CT molecular complexity index is 1110. The second-order valence-electron chi connectivity index (χ2n) is 5.89. The summed E-state index contributed by atoms with van der Waals surface area (Å²) in [6.45, 7) is 0. The minimum atomic E-state index is 0.00578. The third-order valence-corrected chi connectivity index (χ3v) is 4.29. The summed E-state index contributed by atoms with van der Waals surface area (Å²) in [4.78, 5) is 16.1. The lowest BCUT2D eigenvalue weighted by Crippen LogP contribution is -2.08. The van der Waals surface area contributed by atoms with Crippen molar-refractivity contribution in [1.29, 1.82) is 0 Å². The van der Waals surface area contributed by atoms with E-state index in [1.54, 1.807) is 25.0 Å². The molecule has 2 aromatic heterocycles. The van der Waals surface area contributed by atoms with E-state index in [0.29, 0.717) is 10.9 Å². The zero-order valence-electron chi connectivity index (χ0n) is 13.5. The Labute approximate surface area is 138 Å². The predicted octanol–water partition coefficient (Wildman–Crippen LogP) is 3.01. The minimum Gasteiger partial charge on any atom is -0.497 e. The summed E-state index contributed by atoms with van der Waals surface area (Å²) < 4.78 is 6.88. The van der Waals surface area contributed by atoms with E-state index in [0.717, 1.165) is 34.3 Å². The van der Waals surface area contributed by atoms with E-state index in [1.807, 2.05) is 36.4 Å². The molecule has 5 nitrogen and oxygen atoms in total. The SMILES string of the molecule is COc1cccc(Cc2ccc3[nH]c4cnn(C)c4c(=O)c3c2)c1. The van der Waals surface area contributed by atoms with Gasteiger partial charge in [-0.15, -0.1) is 0 Å². The fraction of sp³-hybridized carbons (Fsp3) is 0.158. The number of nitrogens with one attached hydrogen (secondary N) is 1. The zero-order valence-corrected chi connectivity index (χ0v) is 13.5. The first kappa shape index (κ1) is 14.5. The monoisotopic (exact) mass is 319 g/mol. The Morgan fingerprint density at radius 3 is 2.79 bits per heavy atom. The second-order valence-corrected chi connectivity index (χ2v) is 5.89. The van der Waals surface area contributed by atoms with E-state index >= 15 is 0 Å². The number of aromatic amines is 1. The lowest BCUT2D eigenvalue weighted by atomic mass is 10.0. The van der Waals surface area contributed by atoms with Crippen LogP contribution in [0.3, 0.4) is 0 Å². The van der Waals surface area contributed by atoms with Crippen LogP contribution < -0.4 is 10.2 Å². The number of nitrogens with zero attached hydrogens (tertiary/aromatic N) is 2. The highest BCUT2D eigenvalue weighted by atomic mass is 16.5. The van der Waals surface area contributed by atoms with Gasteiger partial charge in [-0.3, -0.25) is 9.48 Å². The Morgan fingerprint density at radius 1 is 1.12 bits per heavy atom. The van der Waals surface area contributed by atoms with Gasteiger partial charge in [0.2, 0.25) is 5.43 Å². The number of aromatic nitrogens is 3. The molecule has 0 unspecified atom stereocenters. The van der Waals surface area contributed by atoms with Gasteiger partial charge in [-0.25, -0.2) is 0 Å². The average molecular weight is 319 g/mol. The van der Waals surface area contributed by atoms with Gasteiger partial charge in [0.1, 0.15) is 11.3 Å². The van der Waals surface area contributed by atoms with Crippen molar-refractivity contribution in [3.05, 3.63) is 70.0 Å². The minimum absolute atomic E-state index is 0.00578. The summed E-state index contributed by atoms with van der Waals surface area (Å²) >= 11 is 0. The van der Waals surface area contributed by atoms with E-state index in [9.17, 15) is 4.79 Å². The van der Waals surface area contributed by atoms with Crippen LogP contribution in [0, 0.1) is 0 Å². The molecule has 24 heavy (non-hydrogen) atoms. The van der Waals surface area contributed by atoms with E-state index in [2.05, 4.69) is 16.1 Å². The quantitative estimate of drug-likeness (QED) is 0.631. The highest BCUT2D eigenvalue weighted by molar-refractivity contribution is 5.90. The van der Waals surface area contributed by atoms with Crippen molar-refractivity contribution >= 4 is 21.9 Å². The van der Waals surface area contributed by atoms with Crippen LogP contribution in [0.15, 0.2) is 53.5 Å². The molecule has 120 valence electrons. The van der Waals surface area contributed by atoms with Gasteiger partial charge >= 0.3 is 0 Å². The number of rotatable bonds is 3. The van der Waals surface area contributed by atoms with E-state index < -0.39 is 0 Å². The fourth-order valence-electron chi connectivity index (χ4n) is 3.09. The molecular formula is C19H17N3O2. The molecule has 4 rings (SSSR count). The van der Waals surface area contributed by atoms with Gasteiger partial charge in [-0.1, -0.05) is 18.2 Å². The van der Waals surface area contributed by atoms with Crippen molar-refractivity contribution < 1.29 is 4.74 Å². The number of hydrogen-bond donors (Lipinski definition) is 1. The zero-order chi connectivity index (χ0) is 16.7. The lowest BCUT2D eigenvalue weighted by Gasteiger charge is -2.06. The number of ether oxygens (including phenoxy) is 1. The summed E-state index contributed by atoms with van der Waals surface area (Å²) in [5, 5.41) is 4.85. The molecule has 5 heteroatoms. The number of aryl methyl sites for hydroxylation is 1. The molecule has 0 aliphatic rings. The van der Waals surface area contributed by atoms with Crippen molar-refractivity contribution in [2.45, 2.75) is 6.42 Å². The summed E-state index contributed by atoms with van der Waals surface area (Å²) in [6, 6.07) is 13.9. The number of benzene rings is 2. The first-order chi connectivity index (χ1) is 11.7. The maximum atomic E-state index is 12.8. The van der Waals surface area contributed by atoms with E-state index in [1.165, 1.54) is 0 Å². The van der Waals surface area contributed by atoms with Crippen LogP contribution in [0.4, 0.5) is 0 Å². The molecule has 4 aromatic rings. The first-order valence-electron chi connectivity index (χ1n) is 7.75. The molecule has 0 amide bonds. The Kier molecular flexibility index (Phi) is 3.34. The summed E-state index contributed by atoms with van der Waals surface area (Å²) in [5.74, 6) is 0.836. The van der Waals surface area contributed by atoms with Gasteiger partial charge in [-0.2, -0.15) is 5.10 Å². The molecule has 0 radical (unpaired) electrons. The second kappa shape index (κ2) is 5.53. The summed E-state index contributed by atoms with van der Waals surface area (Å²) in [6.07, 6.45) is 2.43. The average Bonchev–Trinajstić information content (AvgIpc) is 2.97. The Morgan fingerprint density at radius 2 is 1.96 bits per heavy atom. The molecule has 0 spiro atoms. The van der Waals surface area contributed by atoms with Crippen molar-refractivity contribution in [2.24, 2.45) is 7.05 Å². The Balaban J connectivity index is 1.82. The van der Waals surface area contributed by atoms with Gasteiger partial charge in [0.15, 0.2) is 0 Å². The topological polar surface area (TPSA) is 59.9 Å². The molecule has 1 N–H and O–H groups in total. The van der Waals surface area contributed by atoms with Crippen LogP contribution in [0.5, 0.6) is 5.75 Å². The van der Waals surface area contributed by atoms with Gasteiger partial charge < -0.3 is 9.72 Å². The van der Waals surface area contributed by atoms with Crippen LogP contribution in [0.25, 0.3) is 21.9 Å². The van der Waals surface area contributed by atoms with Crippen LogP contribution in [-0.4, -0.2) is 21.9 Å². The van der Waals surface area contributed by atoms with E-state index in [-0.39, 0.29) is 5.43 Å². The number of H-pyrrole nitrogens is 1. The van der Waals surface area contributed by atoms with Gasteiger partial charge in [-0.05, 0) is 41.8 Å². The summed E-state index contributed by atoms with van der Waals surface area (Å²) in [5.41, 5.74) is 4.42. The van der Waals surface area contributed by atoms with Crippen molar-refractivity contribution in [3.8, 4) is 5.75 Å². The van der Waals surface area contributed by atoms with Crippen LogP contribution >= 0.6 is 0 Å². The van der Waals surface area contributed by atoms with E-state index in [4.69, 9.17) is 4.74 Å². The molecule has 0 fully saturated rings. The fourth-order valence-corrected chi connectivity index (χ4v) is 3.09. The van der Waals surface area contributed by atoms with Crippen LogP contribution in [0.2, 0.25) is 0 Å². The molecule has 0 saturated heterocycles. The predicted molar refractivity (Wildman–Crippen MR) is 94.6 cm³/mol. The number of pyridine rings is 1. The molecule has 2 aromatic carbocycles. The third-order valence-electron chi connectivity index (χ3n) is 4.29. The first-order valence-corrected chi connectivity index (χ1v) is 7.75. The third kappa shape index (κ3) is 2.34. The lowest BCUT2D eigenvalue weighted by molar-refractivity contribution is 0.414. The highest BCUT2D eigenvalue weighted by Crippen LogP contribution is 2.19. The Hall–Kier alpha value is -3.08. The number of fused-ring (bicyclic) bond motifs is 2. The molecule has 0 aliphatic heterocycles. The molecule has 0 saturated carbocycles. The standard InChI is InChI=1S/C19H17N3O2/c1-22-18-17(11-20-22)21-16-7-6-13(10-15(16)19(18)23)8-12-4-3-5-14(9-12)24-2/h3-7,9-11H,8H2,1-2H3,(H,21,23). The summed E-state index contributed by atoms with van der Waals surface area (Å²) in [7, 11) is 3.44. The van der Waals surface area contributed by atoms with Crippen molar-refractivity contribution in [2.75, 3.05) is 7.11 Å². The molecule has 0 atom stereocenters.